The molecular weight excluding hydrogens is 356 g/mol. The minimum absolute atomic E-state index is 0. The van der Waals surface area contributed by atoms with Crippen molar-refractivity contribution in [2.75, 3.05) is 26.2 Å². The topological polar surface area (TPSA) is 32.3 Å². The Bertz CT molecular complexity index is 745. The van der Waals surface area contributed by atoms with Gasteiger partial charge < -0.3 is 10.2 Å². The molecule has 1 saturated carbocycles. The van der Waals surface area contributed by atoms with Crippen LogP contribution in [0.4, 0.5) is 0 Å². The minimum atomic E-state index is -0.0846. The zero-order valence-corrected chi connectivity index (χ0v) is 16.3. The van der Waals surface area contributed by atoms with E-state index in [0.29, 0.717) is 17.7 Å². The molecule has 3 atom stereocenters. The van der Waals surface area contributed by atoms with E-state index in [1.54, 1.807) is 0 Å². The van der Waals surface area contributed by atoms with Gasteiger partial charge >= 0.3 is 0 Å². The Kier molecular flexibility index (Phi) is 5.00. The van der Waals surface area contributed by atoms with Gasteiger partial charge in [-0.1, -0.05) is 60.7 Å². The summed E-state index contributed by atoms with van der Waals surface area (Å²) in [6.07, 6.45) is 2.17. The first-order valence-corrected chi connectivity index (χ1v) is 9.90. The molecule has 142 valence electrons. The molecule has 1 amide bonds. The molecule has 1 aliphatic carbocycles. The summed E-state index contributed by atoms with van der Waals surface area (Å²) in [5.74, 6) is 1.86. The maximum absolute atomic E-state index is 13.2. The van der Waals surface area contributed by atoms with Crippen molar-refractivity contribution in [2.45, 2.75) is 18.3 Å². The number of likely N-dealkylation sites (tertiary alicyclic amines) is 1. The third-order valence-corrected chi connectivity index (χ3v) is 6.83. The summed E-state index contributed by atoms with van der Waals surface area (Å²) in [6, 6.07) is 21.6. The van der Waals surface area contributed by atoms with E-state index in [-0.39, 0.29) is 23.7 Å². The van der Waals surface area contributed by atoms with Gasteiger partial charge in [0.1, 0.15) is 0 Å². The van der Waals surface area contributed by atoms with Crippen molar-refractivity contribution in [3.8, 4) is 0 Å². The van der Waals surface area contributed by atoms with Crippen LogP contribution in [0.2, 0.25) is 0 Å². The minimum Gasteiger partial charge on any atom is -0.341 e. The predicted molar refractivity (Wildman–Crippen MR) is 110 cm³/mol. The molecule has 1 unspecified atom stereocenters. The van der Waals surface area contributed by atoms with Crippen molar-refractivity contribution in [3.63, 3.8) is 0 Å². The average Bonchev–Trinajstić information content (AvgIpc) is 3.19. The third kappa shape index (κ3) is 3.07. The SMILES string of the molecule is Cl.O=C(C1[C@H]2CNC[C@@H]12)N1CCCC(c2ccccc2)(c2ccccc2)C1. The summed E-state index contributed by atoms with van der Waals surface area (Å²) < 4.78 is 0. The molecule has 0 bridgehead atoms. The number of amides is 1. The van der Waals surface area contributed by atoms with E-state index in [2.05, 4.69) is 70.9 Å². The molecule has 2 aromatic carbocycles. The highest BCUT2D eigenvalue weighted by Crippen LogP contribution is 2.50. The Morgan fingerprint density at radius 3 is 2.04 bits per heavy atom. The maximum Gasteiger partial charge on any atom is 0.226 e. The highest BCUT2D eigenvalue weighted by Gasteiger charge is 2.58. The van der Waals surface area contributed by atoms with Gasteiger partial charge in [0.2, 0.25) is 5.91 Å². The quantitative estimate of drug-likeness (QED) is 0.881. The van der Waals surface area contributed by atoms with Crippen molar-refractivity contribution in [3.05, 3.63) is 71.8 Å². The molecule has 2 heterocycles. The van der Waals surface area contributed by atoms with Crippen molar-refractivity contribution in [1.29, 1.82) is 0 Å². The first-order valence-electron chi connectivity index (χ1n) is 9.90. The summed E-state index contributed by atoms with van der Waals surface area (Å²) in [5.41, 5.74) is 2.58. The number of benzene rings is 2. The normalized spacial score (nSPS) is 28.1. The molecule has 0 spiro atoms. The van der Waals surface area contributed by atoms with E-state index >= 15 is 0 Å². The van der Waals surface area contributed by atoms with Gasteiger partial charge in [0.25, 0.3) is 0 Å². The Hall–Kier alpha value is -1.84. The number of piperidine rings is 2. The first kappa shape index (κ1) is 18.5. The van der Waals surface area contributed by atoms with Crippen LogP contribution in [0.1, 0.15) is 24.0 Å². The largest absolute Gasteiger partial charge is 0.341 e. The van der Waals surface area contributed by atoms with Gasteiger partial charge in [-0.2, -0.15) is 0 Å². The van der Waals surface area contributed by atoms with E-state index in [1.165, 1.54) is 11.1 Å². The molecule has 3 aliphatic rings. The summed E-state index contributed by atoms with van der Waals surface area (Å²) in [4.78, 5) is 15.4. The smallest absolute Gasteiger partial charge is 0.226 e. The van der Waals surface area contributed by atoms with Gasteiger partial charge in [-0.3, -0.25) is 4.79 Å². The summed E-state index contributed by atoms with van der Waals surface area (Å²) in [6.45, 7) is 3.77. The van der Waals surface area contributed by atoms with Gasteiger partial charge in [-0.15, -0.1) is 12.4 Å². The molecule has 27 heavy (non-hydrogen) atoms. The van der Waals surface area contributed by atoms with Gasteiger partial charge in [0, 0.05) is 24.4 Å². The Labute approximate surface area is 167 Å². The molecule has 2 saturated heterocycles. The van der Waals surface area contributed by atoms with Crippen LogP contribution in [0.3, 0.4) is 0 Å². The Morgan fingerprint density at radius 2 is 1.48 bits per heavy atom. The van der Waals surface area contributed by atoms with E-state index in [4.69, 9.17) is 0 Å². The number of nitrogens with one attached hydrogen (secondary N) is 1. The number of fused-ring (bicyclic) bond motifs is 1. The molecule has 3 fully saturated rings. The lowest BCUT2D eigenvalue weighted by Crippen LogP contribution is -2.50. The van der Waals surface area contributed by atoms with Crippen LogP contribution < -0.4 is 5.32 Å². The first-order chi connectivity index (χ1) is 12.8. The summed E-state index contributed by atoms with van der Waals surface area (Å²) >= 11 is 0. The van der Waals surface area contributed by atoms with Crippen molar-refractivity contribution in [2.24, 2.45) is 17.8 Å². The lowest BCUT2D eigenvalue weighted by Gasteiger charge is -2.44. The molecule has 2 aromatic rings. The lowest BCUT2D eigenvalue weighted by atomic mass is 9.69. The van der Waals surface area contributed by atoms with Crippen LogP contribution in [0.15, 0.2) is 60.7 Å². The molecule has 4 heteroatoms. The predicted octanol–water partition coefficient (Wildman–Crippen LogP) is 3.48. The van der Waals surface area contributed by atoms with E-state index < -0.39 is 0 Å². The standard InChI is InChI=1S/C23H26N2O.ClH/c26-22(21-19-14-24-15-20(19)21)25-13-7-12-23(16-25,17-8-3-1-4-9-17)18-10-5-2-6-11-18;/h1-6,8-11,19-21,24H,7,12-16H2;1H/t19-,20+,21?;. The average molecular weight is 383 g/mol. The van der Waals surface area contributed by atoms with E-state index in [9.17, 15) is 4.79 Å². The summed E-state index contributed by atoms with van der Waals surface area (Å²) in [7, 11) is 0. The maximum atomic E-state index is 13.2. The Balaban J connectivity index is 0.00000180. The van der Waals surface area contributed by atoms with Crippen molar-refractivity contribution in [1.82, 2.24) is 10.2 Å². The Morgan fingerprint density at radius 1 is 0.926 bits per heavy atom. The number of hydrogen-bond donors (Lipinski definition) is 1. The third-order valence-electron chi connectivity index (χ3n) is 6.83. The number of carbonyl (C=O) groups is 1. The molecule has 3 nitrogen and oxygen atoms in total. The van der Waals surface area contributed by atoms with E-state index in [0.717, 1.165) is 39.0 Å². The van der Waals surface area contributed by atoms with Crippen LogP contribution in [-0.2, 0) is 10.2 Å². The van der Waals surface area contributed by atoms with Crippen molar-refractivity contribution >= 4 is 18.3 Å². The number of nitrogens with zero attached hydrogens (tertiary/aromatic N) is 1. The number of rotatable bonds is 3. The van der Waals surface area contributed by atoms with Crippen LogP contribution in [0, 0.1) is 17.8 Å². The van der Waals surface area contributed by atoms with Gasteiger partial charge in [0.05, 0.1) is 0 Å². The fourth-order valence-corrected chi connectivity index (χ4v) is 5.39. The van der Waals surface area contributed by atoms with Gasteiger partial charge in [-0.05, 0) is 48.9 Å². The second kappa shape index (κ2) is 7.29. The molecular formula is C23H27ClN2O. The number of halogens is 1. The zero-order chi connectivity index (χ0) is 17.6. The molecule has 0 radical (unpaired) electrons. The fraction of sp³-hybridized carbons (Fsp3) is 0.435. The summed E-state index contributed by atoms with van der Waals surface area (Å²) in [5, 5.41) is 3.41. The van der Waals surface area contributed by atoms with Crippen LogP contribution in [-0.4, -0.2) is 37.0 Å². The second-order valence-electron chi connectivity index (χ2n) is 8.19. The fourth-order valence-electron chi connectivity index (χ4n) is 5.39. The van der Waals surface area contributed by atoms with Crippen LogP contribution in [0.5, 0.6) is 0 Å². The highest BCUT2D eigenvalue weighted by molar-refractivity contribution is 5.85. The molecule has 2 aliphatic heterocycles. The van der Waals surface area contributed by atoms with Gasteiger partial charge in [-0.25, -0.2) is 0 Å². The lowest BCUT2D eigenvalue weighted by molar-refractivity contribution is -0.135. The van der Waals surface area contributed by atoms with E-state index in [1.807, 2.05) is 0 Å². The highest BCUT2D eigenvalue weighted by atomic mass is 35.5. The zero-order valence-electron chi connectivity index (χ0n) is 15.5. The van der Waals surface area contributed by atoms with Crippen LogP contribution >= 0.6 is 12.4 Å². The molecule has 0 aromatic heterocycles. The molecule has 1 N–H and O–H groups in total. The monoisotopic (exact) mass is 382 g/mol. The number of carbonyl (C=O) groups excluding carboxylic acids is 1. The second-order valence-corrected chi connectivity index (χ2v) is 8.19. The van der Waals surface area contributed by atoms with Crippen molar-refractivity contribution < 1.29 is 4.79 Å². The van der Waals surface area contributed by atoms with Gasteiger partial charge in [0.15, 0.2) is 0 Å². The molecule has 5 rings (SSSR count). The van der Waals surface area contributed by atoms with Crippen LogP contribution in [0.25, 0.3) is 0 Å². The number of hydrogen-bond acceptors (Lipinski definition) is 2.